The third kappa shape index (κ3) is 33.1. The van der Waals surface area contributed by atoms with Gasteiger partial charge in [-0.2, -0.15) is 0 Å². The number of unbranched alkanes of at least 4 members (excludes halogenated alkanes) is 17. The summed E-state index contributed by atoms with van der Waals surface area (Å²) in [5.41, 5.74) is 0. The van der Waals surface area contributed by atoms with Crippen LogP contribution in [0.15, 0.2) is 0 Å². The van der Waals surface area contributed by atoms with Crippen molar-refractivity contribution in [3.05, 3.63) is 0 Å². The van der Waals surface area contributed by atoms with Gasteiger partial charge in [-0.15, -0.1) is 0 Å². The van der Waals surface area contributed by atoms with Crippen molar-refractivity contribution in [2.24, 2.45) is 0 Å². The van der Waals surface area contributed by atoms with Crippen molar-refractivity contribution in [2.45, 2.75) is 116 Å². The van der Waals surface area contributed by atoms with E-state index in [0.29, 0.717) is 0 Å². The number of nitrogens with zero attached hydrogens (tertiary/aromatic N) is 2. The molecule has 0 bridgehead atoms. The van der Waals surface area contributed by atoms with Gasteiger partial charge in [-0.1, -0.05) is 89.9 Å². The average molecular weight is 470 g/mol. The van der Waals surface area contributed by atoms with E-state index in [1.807, 2.05) is 0 Å². The highest BCUT2D eigenvalue weighted by molar-refractivity contribution is 4.50. The predicted molar refractivity (Wildman–Crippen MR) is 129 cm³/mol. The standard InChI is InChI=1S/C26H58N2.2ClH/c1-27(2,3)25-23-21-19-17-15-13-11-9-7-8-10-12-14-16-18-20-22-24-26-28(4,5)6;;/h7-26H2,1-6H3;2*1H/q+2;;/p-2. The summed E-state index contributed by atoms with van der Waals surface area (Å²) in [4.78, 5) is 0. The molecule has 30 heavy (non-hydrogen) atoms. The average Bonchev–Trinajstić information content (AvgIpc) is 2.58. The third-order valence-corrected chi connectivity index (χ3v) is 5.91. The second kappa shape index (κ2) is 22.7. The minimum absolute atomic E-state index is 0. The SMILES string of the molecule is C[N+](C)(C)CCCCCCCCCCCCCCCCCCCC[N+](C)(C)C.[Cl-].[Cl-]. The van der Waals surface area contributed by atoms with Crippen molar-refractivity contribution >= 4 is 0 Å². The first kappa shape index (κ1) is 35.1. The zero-order valence-corrected chi connectivity index (χ0v) is 23.3. The number of hydrogen-bond acceptors (Lipinski definition) is 0. The highest BCUT2D eigenvalue weighted by atomic mass is 35.5. The third-order valence-electron chi connectivity index (χ3n) is 5.91. The van der Waals surface area contributed by atoms with Crippen LogP contribution in [0.2, 0.25) is 0 Å². The Balaban J connectivity index is -0.00000364. The van der Waals surface area contributed by atoms with E-state index < -0.39 is 0 Å². The van der Waals surface area contributed by atoms with Crippen molar-refractivity contribution in [3.63, 3.8) is 0 Å². The predicted octanol–water partition coefficient (Wildman–Crippen LogP) is 1.43. The molecule has 0 aromatic heterocycles. The largest absolute Gasteiger partial charge is 1.00 e. The number of rotatable bonds is 21. The van der Waals surface area contributed by atoms with Crippen LogP contribution in [-0.2, 0) is 0 Å². The molecule has 0 radical (unpaired) electrons. The monoisotopic (exact) mass is 468 g/mol. The van der Waals surface area contributed by atoms with Crippen molar-refractivity contribution in [2.75, 3.05) is 55.4 Å². The van der Waals surface area contributed by atoms with Gasteiger partial charge >= 0.3 is 0 Å². The quantitative estimate of drug-likeness (QED) is 0.176. The van der Waals surface area contributed by atoms with E-state index in [2.05, 4.69) is 42.3 Å². The smallest absolute Gasteiger partial charge is 0.0780 e. The van der Waals surface area contributed by atoms with Crippen LogP contribution in [0.4, 0.5) is 0 Å². The molecule has 0 aliphatic carbocycles. The lowest BCUT2D eigenvalue weighted by Crippen LogP contribution is -3.00. The van der Waals surface area contributed by atoms with Gasteiger partial charge in [0.2, 0.25) is 0 Å². The Kier molecular flexibility index (Phi) is 26.5. The fourth-order valence-corrected chi connectivity index (χ4v) is 4.00. The molecule has 0 rings (SSSR count). The molecule has 0 amide bonds. The first-order valence-electron chi connectivity index (χ1n) is 12.8. The van der Waals surface area contributed by atoms with Gasteiger partial charge in [0.1, 0.15) is 0 Å². The van der Waals surface area contributed by atoms with Crippen LogP contribution in [0.3, 0.4) is 0 Å². The van der Waals surface area contributed by atoms with E-state index in [9.17, 15) is 0 Å². The van der Waals surface area contributed by atoms with Crippen LogP contribution in [-0.4, -0.2) is 64.3 Å². The van der Waals surface area contributed by atoms with Crippen LogP contribution in [0, 0.1) is 0 Å². The highest BCUT2D eigenvalue weighted by Crippen LogP contribution is 2.14. The molecule has 0 aliphatic rings. The number of quaternary nitrogens is 2. The summed E-state index contributed by atoms with van der Waals surface area (Å²) in [5, 5.41) is 0. The van der Waals surface area contributed by atoms with Gasteiger partial charge in [0, 0.05) is 0 Å². The molecule has 0 aromatic rings. The molecule has 0 saturated carbocycles. The lowest BCUT2D eigenvalue weighted by Gasteiger charge is -2.23. The van der Waals surface area contributed by atoms with Crippen molar-refractivity contribution in [1.82, 2.24) is 0 Å². The van der Waals surface area contributed by atoms with Crippen molar-refractivity contribution < 1.29 is 33.8 Å². The lowest BCUT2D eigenvalue weighted by molar-refractivity contribution is -0.870. The molecule has 186 valence electrons. The Morgan fingerprint density at radius 1 is 0.267 bits per heavy atom. The van der Waals surface area contributed by atoms with E-state index in [-0.39, 0.29) is 24.8 Å². The molecule has 4 heteroatoms. The molecule has 0 heterocycles. The summed E-state index contributed by atoms with van der Waals surface area (Å²) in [7, 11) is 13.8. The first-order valence-corrected chi connectivity index (χ1v) is 12.8. The Bertz CT molecular complexity index is 290. The second-order valence-electron chi connectivity index (χ2n) is 11.4. The van der Waals surface area contributed by atoms with E-state index in [0.717, 1.165) is 8.97 Å². The summed E-state index contributed by atoms with van der Waals surface area (Å²) >= 11 is 0. The van der Waals surface area contributed by atoms with Crippen LogP contribution in [0.5, 0.6) is 0 Å². The van der Waals surface area contributed by atoms with Gasteiger partial charge < -0.3 is 33.8 Å². The second-order valence-corrected chi connectivity index (χ2v) is 11.4. The van der Waals surface area contributed by atoms with Crippen molar-refractivity contribution in [1.29, 1.82) is 0 Å². The lowest BCUT2D eigenvalue weighted by atomic mass is 10.0. The molecular weight excluding hydrogens is 411 g/mol. The maximum absolute atomic E-state index is 2.30. The van der Waals surface area contributed by atoms with E-state index in [1.54, 1.807) is 0 Å². The Hall–Kier alpha value is 0.500. The zero-order valence-electron chi connectivity index (χ0n) is 21.8. The van der Waals surface area contributed by atoms with Gasteiger partial charge in [-0.05, 0) is 25.7 Å². The van der Waals surface area contributed by atoms with Gasteiger partial charge in [0.15, 0.2) is 0 Å². The molecule has 0 unspecified atom stereocenters. The molecule has 0 spiro atoms. The fraction of sp³-hybridized carbons (Fsp3) is 1.00. The van der Waals surface area contributed by atoms with Crippen LogP contribution in [0.1, 0.15) is 116 Å². The minimum Gasteiger partial charge on any atom is -1.00 e. The normalized spacial score (nSPS) is 11.8. The first-order chi connectivity index (χ1) is 13.2. The molecule has 2 nitrogen and oxygen atoms in total. The molecule has 0 aromatic carbocycles. The van der Waals surface area contributed by atoms with Crippen LogP contribution >= 0.6 is 0 Å². The van der Waals surface area contributed by atoms with Crippen LogP contribution < -0.4 is 24.8 Å². The summed E-state index contributed by atoms with van der Waals surface area (Å²) in [6, 6.07) is 0. The fourth-order valence-electron chi connectivity index (χ4n) is 4.00. The Morgan fingerprint density at radius 3 is 0.533 bits per heavy atom. The molecule has 0 N–H and O–H groups in total. The van der Waals surface area contributed by atoms with Gasteiger partial charge in [0.25, 0.3) is 0 Å². The summed E-state index contributed by atoms with van der Waals surface area (Å²) < 4.78 is 2.24. The maximum Gasteiger partial charge on any atom is 0.0780 e. The van der Waals surface area contributed by atoms with Gasteiger partial charge in [0.05, 0.1) is 55.4 Å². The summed E-state index contributed by atoms with van der Waals surface area (Å²) in [5.74, 6) is 0. The topological polar surface area (TPSA) is 0 Å². The molecule has 0 atom stereocenters. The van der Waals surface area contributed by atoms with Crippen molar-refractivity contribution in [3.8, 4) is 0 Å². The summed E-state index contributed by atoms with van der Waals surface area (Å²) in [6.07, 6.45) is 26.3. The minimum atomic E-state index is 0. The Labute approximate surface area is 204 Å². The summed E-state index contributed by atoms with van der Waals surface area (Å²) in [6.45, 7) is 2.66. The molecule has 0 fully saturated rings. The Morgan fingerprint density at radius 2 is 0.400 bits per heavy atom. The highest BCUT2D eigenvalue weighted by Gasteiger charge is 2.05. The number of hydrogen-bond donors (Lipinski definition) is 0. The van der Waals surface area contributed by atoms with Gasteiger partial charge in [-0.3, -0.25) is 0 Å². The maximum atomic E-state index is 2.30. The molecular formula is C26H58Cl2N2. The van der Waals surface area contributed by atoms with E-state index in [4.69, 9.17) is 0 Å². The zero-order chi connectivity index (χ0) is 21.1. The molecule has 0 saturated heterocycles. The van der Waals surface area contributed by atoms with E-state index >= 15 is 0 Å². The molecule has 0 aliphatic heterocycles. The number of halogens is 2. The van der Waals surface area contributed by atoms with E-state index in [1.165, 1.54) is 129 Å². The van der Waals surface area contributed by atoms with Gasteiger partial charge in [-0.25, -0.2) is 0 Å². The van der Waals surface area contributed by atoms with Crippen LogP contribution in [0.25, 0.3) is 0 Å².